The van der Waals surface area contributed by atoms with Crippen molar-refractivity contribution >= 4 is 29.0 Å². The quantitative estimate of drug-likeness (QED) is 0.485. The topological polar surface area (TPSA) is 55.1 Å². The molecule has 0 atom stereocenters. The molecule has 146 valence electrons. The van der Waals surface area contributed by atoms with Gasteiger partial charge in [-0.15, -0.1) is 11.3 Å². The van der Waals surface area contributed by atoms with Crippen molar-refractivity contribution in [3.05, 3.63) is 75.5 Å². The summed E-state index contributed by atoms with van der Waals surface area (Å²) in [7, 11) is 0. The van der Waals surface area contributed by atoms with Crippen molar-refractivity contribution in [3.63, 3.8) is 0 Å². The normalized spacial score (nSPS) is 11.7. The fourth-order valence-corrected chi connectivity index (χ4v) is 4.00. The number of hydrogen-bond donors (Lipinski definition) is 1. The first kappa shape index (κ1) is 20.1. The zero-order chi connectivity index (χ0) is 19.9. The van der Waals surface area contributed by atoms with E-state index < -0.39 is 5.97 Å². The van der Waals surface area contributed by atoms with Gasteiger partial charge in [-0.3, -0.25) is 0 Å². The summed E-state index contributed by atoms with van der Waals surface area (Å²) in [6, 6.07) is 11.3. The Kier molecular flexibility index (Phi) is 6.82. The Bertz CT molecular complexity index is 938. The van der Waals surface area contributed by atoms with Gasteiger partial charge in [0.25, 0.3) is 0 Å². The van der Waals surface area contributed by atoms with E-state index in [9.17, 15) is 4.79 Å². The second kappa shape index (κ2) is 9.51. The molecule has 0 fully saturated rings. The summed E-state index contributed by atoms with van der Waals surface area (Å²) < 4.78 is 2.26. The molecule has 0 bridgehead atoms. The Morgan fingerprint density at radius 3 is 2.61 bits per heavy atom. The molecule has 3 aromatic rings. The van der Waals surface area contributed by atoms with Gasteiger partial charge in [0.2, 0.25) is 0 Å². The monoisotopic (exact) mass is 394 g/mol. The number of imidazole rings is 1. The van der Waals surface area contributed by atoms with Crippen LogP contribution in [0.5, 0.6) is 0 Å². The van der Waals surface area contributed by atoms with E-state index in [0.717, 1.165) is 42.8 Å². The molecule has 2 aromatic heterocycles. The Morgan fingerprint density at radius 2 is 2.00 bits per heavy atom. The first-order chi connectivity index (χ1) is 13.6. The smallest absolute Gasteiger partial charge is 0.335 e. The number of rotatable bonds is 9. The number of carboxylic acid groups (broad SMARTS) is 1. The second-order valence-electron chi connectivity index (χ2n) is 6.79. The Hall–Kier alpha value is -2.66. The van der Waals surface area contributed by atoms with Crippen LogP contribution in [0.15, 0.2) is 48.0 Å². The van der Waals surface area contributed by atoms with Crippen LogP contribution in [0.25, 0.3) is 11.6 Å². The summed E-state index contributed by atoms with van der Waals surface area (Å²) in [4.78, 5) is 17.1. The highest BCUT2D eigenvalue weighted by molar-refractivity contribution is 7.11. The number of carboxylic acids is 1. The van der Waals surface area contributed by atoms with Gasteiger partial charge in [0.05, 0.1) is 17.5 Å². The number of carbonyl (C=O) groups is 1. The maximum atomic E-state index is 11.1. The number of aromatic carboxylic acids is 1. The van der Waals surface area contributed by atoms with E-state index in [2.05, 4.69) is 42.0 Å². The SMILES string of the molecule is CCCCc1ncc(/C=C(\CC)c2cccs2)n1Cc1ccc(C(=O)O)cc1. The molecule has 0 aliphatic carbocycles. The van der Waals surface area contributed by atoms with Crippen LogP contribution in [0.1, 0.15) is 65.4 Å². The highest BCUT2D eigenvalue weighted by atomic mass is 32.1. The maximum Gasteiger partial charge on any atom is 0.335 e. The lowest BCUT2D eigenvalue weighted by Crippen LogP contribution is -2.08. The van der Waals surface area contributed by atoms with Crippen molar-refractivity contribution in [2.24, 2.45) is 0 Å². The fraction of sp³-hybridized carbons (Fsp3) is 0.304. The average Bonchev–Trinajstić information content (AvgIpc) is 3.35. The van der Waals surface area contributed by atoms with Crippen LogP contribution in [0, 0.1) is 0 Å². The van der Waals surface area contributed by atoms with Gasteiger partial charge in [0.15, 0.2) is 0 Å². The molecule has 0 radical (unpaired) electrons. The number of hydrogen-bond acceptors (Lipinski definition) is 3. The number of unbranched alkanes of at least 4 members (excludes halogenated alkanes) is 1. The van der Waals surface area contributed by atoms with Gasteiger partial charge in [-0.2, -0.15) is 0 Å². The molecule has 1 N–H and O–H groups in total. The van der Waals surface area contributed by atoms with Crippen molar-refractivity contribution in [2.75, 3.05) is 0 Å². The summed E-state index contributed by atoms with van der Waals surface area (Å²) >= 11 is 1.76. The van der Waals surface area contributed by atoms with E-state index in [0.29, 0.717) is 12.1 Å². The van der Waals surface area contributed by atoms with Crippen molar-refractivity contribution in [1.29, 1.82) is 0 Å². The molecule has 2 heterocycles. The summed E-state index contributed by atoms with van der Waals surface area (Å²) in [5.41, 5.74) is 3.79. The lowest BCUT2D eigenvalue weighted by atomic mass is 10.1. The van der Waals surface area contributed by atoms with Gasteiger partial charge < -0.3 is 9.67 Å². The molecular weight excluding hydrogens is 368 g/mol. The third kappa shape index (κ3) is 4.78. The maximum absolute atomic E-state index is 11.1. The first-order valence-electron chi connectivity index (χ1n) is 9.73. The predicted octanol–water partition coefficient (Wildman–Crippen LogP) is 5.98. The highest BCUT2D eigenvalue weighted by Gasteiger charge is 2.11. The standard InChI is InChI=1S/C23H26N2O2S/c1-3-5-8-22-24-15-20(14-18(4-2)21-7-6-13-28-21)25(22)16-17-9-11-19(12-10-17)23(26)27/h6-7,9-15H,3-5,8,16H2,1-2H3,(H,26,27)/b18-14+. The Morgan fingerprint density at radius 1 is 1.21 bits per heavy atom. The van der Waals surface area contributed by atoms with Crippen LogP contribution in [-0.2, 0) is 13.0 Å². The van der Waals surface area contributed by atoms with Crippen LogP contribution in [-0.4, -0.2) is 20.6 Å². The number of nitrogens with zero attached hydrogens (tertiary/aromatic N) is 2. The largest absolute Gasteiger partial charge is 0.478 e. The van der Waals surface area contributed by atoms with Crippen LogP contribution < -0.4 is 0 Å². The third-order valence-electron chi connectivity index (χ3n) is 4.81. The van der Waals surface area contributed by atoms with Crippen LogP contribution in [0.3, 0.4) is 0 Å². The second-order valence-corrected chi connectivity index (χ2v) is 7.74. The first-order valence-corrected chi connectivity index (χ1v) is 10.6. The van der Waals surface area contributed by atoms with Crippen molar-refractivity contribution in [2.45, 2.75) is 46.1 Å². The van der Waals surface area contributed by atoms with Crippen molar-refractivity contribution in [3.8, 4) is 0 Å². The Labute approximate surface area is 170 Å². The van der Waals surface area contributed by atoms with E-state index >= 15 is 0 Å². The van der Waals surface area contributed by atoms with Crippen molar-refractivity contribution < 1.29 is 9.90 Å². The van der Waals surface area contributed by atoms with E-state index in [4.69, 9.17) is 10.1 Å². The molecule has 0 spiro atoms. The molecule has 0 amide bonds. The fourth-order valence-electron chi connectivity index (χ4n) is 3.18. The van der Waals surface area contributed by atoms with Crippen LogP contribution in [0.2, 0.25) is 0 Å². The minimum atomic E-state index is -0.898. The van der Waals surface area contributed by atoms with Crippen LogP contribution in [0.4, 0.5) is 0 Å². The predicted molar refractivity (Wildman–Crippen MR) is 116 cm³/mol. The zero-order valence-electron chi connectivity index (χ0n) is 16.4. The lowest BCUT2D eigenvalue weighted by molar-refractivity contribution is 0.0697. The number of thiophene rings is 1. The highest BCUT2D eigenvalue weighted by Crippen LogP contribution is 2.26. The van der Waals surface area contributed by atoms with Gasteiger partial charge in [-0.05, 0) is 53.6 Å². The van der Waals surface area contributed by atoms with E-state index in [1.165, 1.54) is 10.5 Å². The van der Waals surface area contributed by atoms with Gasteiger partial charge >= 0.3 is 5.97 Å². The third-order valence-corrected chi connectivity index (χ3v) is 5.75. The number of allylic oxidation sites excluding steroid dienone is 1. The average molecular weight is 395 g/mol. The minimum absolute atomic E-state index is 0.312. The lowest BCUT2D eigenvalue weighted by Gasteiger charge is -2.12. The Balaban J connectivity index is 1.94. The molecule has 0 unspecified atom stereocenters. The van der Waals surface area contributed by atoms with Gasteiger partial charge in [0.1, 0.15) is 5.82 Å². The van der Waals surface area contributed by atoms with Crippen LogP contribution >= 0.6 is 11.3 Å². The number of benzene rings is 1. The van der Waals surface area contributed by atoms with E-state index in [1.807, 2.05) is 18.3 Å². The van der Waals surface area contributed by atoms with Gasteiger partial charge in [-0.1, -0.05) is 38.5 Å². The molecular formula is C23H26N2O2S. The summed E-state index contributed by atoms with van der Waals surface area (Å²) in [6.07, 6.45) is 8.32. The molecule has 0 saturated heterocycles. The summed E-state index contributed by atoms with van der Waals surface area (Å²) in [6.45, 7) is 5.05. The molecule has 0 aliphatic rings. The summed E-state index contributed by atoms with van der Waals surface area (Å²) in [5.74, 6) is 0.182. The van der Waals surface area contributed by atoms with E-state index in [-0.39, 0.29) is 0 Å². The molecule has 5 heteroatoms. The molecule has 1 aromatic carbocycles. The molecule has 0 saturated carbocycles. The molecule has 4 nitrogen and oxygen atoms in total. The van der Waals surface area contributed by atoms with Crippen molar-refractivity contribution in [1.82, 2.24) is 9.55 Å². The molecule has 0 aliphatic heterocycles. The number of aryl methyl sites for hydroxylation is 1. The summed E-state index contributed by atoms with van der Waals surface area (Å²) in [5, 5.41) is 11.2. The van der Waals surface area contributed by atoms with E-state index in [1.54, 1.807) is 23.5 Å². The molecule has 28 heavy (non-hydrogen) atoms. The zero-order valence-corrected chi connectivity index (χ0v) is 17.2. The number of aromatic nitrogens is 2. The van der Waals surface area contributed by atoms with Gasteiger partial charge in [0, 0.05) is 17.8 Å². The van der Waals surface area contributed by atoms with Gasteiger partial charge in [-0.25, -0.2) is 9.78 Å². The molecule has 3 rings (SSSR count). The minimum Gasteiger partial charge on any atom is -0.478 e.